The number of fused-ring (bicyclic) bond motifs is 3. The van der Waals surface area contributed by atoms with Crippen molar-refractivity contribution in [2.75, 3.05) is 0 Å². The molecule has 0 amide bonds. The molecule has 0 bridgehead atoms. The van der Waals surface area contributed by atoms with Crippen molar-refractivity contribution in [3.63, 3.8) is 0 Å². The quantitative estimate of drug-likeness (QED) is 0.295. The van der Waals surface area contributed by atoms with Crippen LogP contribution in [0.15, 0.2) is 80.4 Å². The molecule has 2 aromatic heterocycles. The predicted octanol–water partition coefficient (Wildman–Crippen LogP) is 7.41. The van der Waals surface area contributed by atoms with Gasteiger partial charge in [-0.05, 0) is 43.0 Å². The Kier molecular flexibility index (Phi) is 4.25. The van der Waals surface area contributed by atoms with Gasteiger partial charge < -0.3 is 8.83 Å². The number of hydrogen-bond donors (Lipinski definition) is 0. The van der Waals surface area contributed by atoms with E-state index in [2.05, 4.69) is 0 Å². The average Bonchev–Trinajstić information content (AvgIpc) is 3.18. The van der Waals surface area contributed by atoms with Crippen LogP contribution in [0.5, 0.6) is 0 Å². The number of benzene rings is 3. The van der Waals surface area contributed by atoms with E-state index in [-0.39, 0.29) is 5.43 Å². The highest BCUT2D eigenvalue weighted by atomic mass is 35.5. The van der Waals surface area contributed by atoms with Crippen LogP contribution in [0, 0.1) is 0 Å². The fourth-order valence-corrected chi connectivity index (χ4v) is 4.73. The van der Waals surface area contributed by atoms with Crippen molar-refractivity contribution in [3.8, 4) is 22.5 Å². The second-order valence-electron chi connectivity index (χ2n) is 8.06. The lowest BCUT2D eigenvalue weighted by Gasteiger charge is -2.14. The molecule has 31 heavy (non-hydrogen) atoms. The third kappa shape index (κ3) is 3.00. The number of furan rings is 1. The Morgan fingerprint density at radius 3 is 2.29 bits per heavy atom. The second kappa shape index (κ2) is 7.14. The van der Waals surface area contributed by atoms with Gasteiger partial charge in [0.2, 0.25) is 0 Å². The molecule has 0 atom stereocenters. The third-order valence-electron chi connectivity index (χ3n) is 6.13. The molecule has 0 N–H and O–H groups in total. The highest BCUT2D eigenvalue weighted by Gasteiger charge is 2.22. The molecule has 1 aliphatic carbocycles. The van der Waals surface area contributed by atoms with Crippen LogP contribution in [0.25, 0.3) is 44.4 Å². The van der Waals surface area contributed by atoms with Crippen LogP contribution in [-0.4, -0.2) is 0 Å². The van der Waals surface area contributed by atoms with E-state index in [1.54, 1.807) is 0 Å². The highest BCUT2D eigenvalue weighted by molar-refractivity contribution is 6.30. The highest BCUT2D eigenvalue weighted by Crippen LogP contribution is 2.42. The van der Waals surface area contributed by atoms with Gasteiger partial charge in [0.1, 0.15) is 22.7 Å². The van der Waals surface area contributed by atoms with Gasteiger partial charge in [0.15, 0.2) is 5.43 Å². The van der Waals surface area contributed by atoms with Crippen molar-refractivity contribution in [1.29, 1.82) is 0 Å². The van der Waals surface area contributed by atoms with Crippen molar-refractivity contribution in [1.82, 2.24) is 0 Å². The molecule has 0 fully saturated rings. The Morgan fingerprint density at radius 1 is 0.742 bits per heavy atom. The molecule has 152 valence electrons. The van der Waals surface area contributed by atoms with Crippen LogP contribution in [0.2, 0.25) is 5.02 Å². The van der Waals surface area contributed by atoms with Gasteiger partial charge in [-0.2, -0.15) is 0 Å². The van der Waals surface area contributed by atoms with Gasteiger partial charge in [0.25, 0.3) is 0 Å². The van der Waals surface area contributed by atoms with Crippen molar-refractivity contribution >= 4 is 33.5 Å². The molecule has 0 saturated carbocycles. The van der Waals surface area contributed by atoms with E-state index < -0.39 is 0 Å². The smallest absolute Gasteiger partial charge is 0.196 e. The summed E-state index contributed by atoms with van der Waals surface area (Å²) in [5.74, 6) is 1.60. The monoisotopic (exact) mass is 426 g/mol. The lowest BCUT2D eigenvalue weighted by atomic mass is 9.94. The van der Waals surface area contributed by atoms with E-state index in [0.717, 1.165) is 64.8 Å². The summed E-state index contributed by atoms with van der Waals surface area (Å²) in [6.45, 7) is 0. The van der Waals surface area contributed by atoms with Crippen LogP contribution in [0.4, 0.5) is 0 Å². The number of halogens is 1. The first-order valence-electron chi connectivity index (χ1n) is 10.6. The molecule has 0 spiro atoms. The maximum absolute atomic E-state index is 13.3. The zero-order chi connectivity index (χ0) is 20.9. The molecule has 0 saturated heterocycles. The van der Waals surface area contributed by atoms with E-state index in [4.69, 9.17) is 20.4 Å². The van der Waals surface area contributed by atoms with Crippen molar-refractivity contribution in [2.45, 2.75) is 25.7 Å². The Hall–Kier alpha value is -3.30. The van der Waals surface area contributed by atoms with Gasteiger partial charge in [-0.25, -0.2) is 0 Å². The van der Waals surface area contributed by atoms with Crippen LogP contribution in [0.3, 0.4) is 0 Å². The summed E-state index contributed by atoms with van der Waals surface area (Å²) in [4.78, 5) is 13.3. The minimum Gasteiger partial charge on any atom is -0.460 e. The SMILES string of the molecule is O=c1c2c(oc3cc4oc(-c5ccccc5)c(-c5ccc(Cl)cc5)c4cc13)CCCC2. The Balaban J connectivity index is 1.70. The summed E-state index contributed by atoms with van der Waals surface area (Å²) in [6, 6.07) is 21.5. The molecule has 5 aromatic rings. The minimum atomic E-state index is 0.0855. The van der Waals surface area contributed by atoms with Crippen molar-refractivity contribution in [2.24, 2.45) is 0 Å². The number of rotatable bonds is 2. The van der Waals surface area contributed by atoms with Gasteiger partial charge in [0.05, 0.1) is 5.39 Å². The van der Waals surface area contributed by atoms with Crippen LogP contribution < -0.4 is 5.43 Å². The Labute approximate surface area is 183 Å². The van der Waals surface area contributed by atoms with E-state index in [9.17, 15) is 4.79 Å². The summed E-state index contributed by atoms with van der Waals surface area (Å²) in [6.07, 6.45) is 3.70. The number of aryl methyl sites for hydroxylation is 1. The molecule has 0 aliphatic heterocycles. The molecule has 0 unspecified atom stereocenters. The van der Waals surface area contributed by atoms with Gasteiger partial charge >= 0.3 is 0 Å². The lowest BCUT2D eigenvalue weighted by Crippen LogP contribution is -2.16. The fraction of sp³-hybridized carbons (Fsp3) is 0.148. The Bertz CT molecular complexity index is 1490. The molecule has 1 aliphatic rings. The van der Waals surface area contributed by atoms with Gasteiger partial charge in [-0.1, -0.05) is 54.1 Å². The van der Waals surface area contributed by atoms with Crippen LogP contribution in [-0.2, 0) is 12.8 Å². The van der Waals surface area contributed by atoms with E-state index in [1.807, 2.05) is 66.7 Å². The zero-order valence-corrected chi connectivity index (χ0v) is 17.5. The molecule has 2 heterocycles. The molecule has 0 radical (unpaired) electrons. The first-order chi connectivity index (χ1) is 15.2. The van der Waals surface area contributed by atoms with E-state index in [1.165, 1.54) is 0 Å². The predicted molar refractivity (Wildman–Crippen MR) is 125 cm³/mol. The van der Waals surface area contributed by atoms with Gasteiger partial charge in [-0.3, -0.25) is 4.79 Å². The zero-order valence-electron chi connectivity index (χ0n) is 16.8. The molecule has 4 heteroatoms. The van der Waals surface area contributed by atoms with Crippen molar-refractivity contribution < 1.29 is 8.83 Å². The molecule has 3 aromatic carbocycles. The maximum atomic E-state index is 13.3. The van der Waals surface area contributed by atoms with Crippen LogP contribution in [0.1, 0.15) is 24.2 Å². The number of hydrogen-bond acceptors (Lipinski definition) is 3. The molecule has 6 rings (SSSR count). The summed E-state index contributed by atoms with van der Waals surface area (Å²) in [5.41, 5.74) is 5.14. The minimum absolute atomic E-state index is 0.0855. The first-order valence-corrected chi connectivity index (χ1v) is 10.9. The van der Waals surface area contributed by atoms with Crippen molar-refractivity contribution in [3.05, 3.63) is 93.3 Å². The maximum Gasteiger partial charge on any atom is 0.196 e. The fourth-order valence-electron chi connectivity index (χ4n) is 4.61. The molecular weight excluding hydrogens is 408 g/mol. The van der Waals surface area contributed by atoms with Gasteiger partial charge in [0, 0.05) is 39.6 Å². The normalized spacial score (nSPS) is 13.6. The molecule has 3 nitrogen and oxygen atoms in total. The summed E-state index contributed by atoms with van der Waals surface area (Å²) in [7, 11) is 0. The summed E-state index contributed by atoms with van der Waals surface area (Å²) < 4.78 is 12.5. The van der Waals surface area contributed by atoms with E-state index in [0.29, 0.717) is 21.6 Å². The standard InChI is InChI=1S/C27H19ClO3/c28-18-12-10-16(11-13-18)25-20-14-21-24(30-22-9-5-4-8-19(22)26(21)29)15-23(20)31-27(25)17-6-2-1-3-7-17/h1-3,6-7,10-15H,4-5,8-9H2. The first kappa shape index (κ1) is 18.5. The van der Waals surface area contributed by atoms with Crippen LogP contribution >= 0.6 is 11.6 Å². The summed E-state index contributed by atoms with van der Waals surface area (Å²) >= 11 is 6.14. The Morgan fingerprint density at radius 2 is 1.48 bits per heavy atom. The second-order valence-corrected chi connectivity index (χ2v) is 8.50. The largest absolute Gasteiger partial charge is 0.460 e. The summed E-state index contributed by atoms with van der Waals surface area (Å²) in [5, 5.41) is 2.19. The average molecular weight is 427 g/mol. The van der Waals surface area contributed by atoms with Gasteiger partial charge in [-0.15, -0.1) is 0 Å². The lowest BCUT2D eigenvalue weighted by molar-refractivity contribution is 0.486. The van der Waals surface area contributed by atoms with E-state index >= 15 is 0 Å². The topological polar surface area (TPSA) is 43.4 Å². The molecular formula is C27H19ClO3. The third-order valence-corrected chi connectivity index (χ3v) is 6.38.